The van der Waals surface area contributed by atoms with Crippen LogP contribution < -0.4 is 0 Å². The Hall–Kier alpha value is -2.50. The molecule has 0 spiro atoms. The Labute approximate surface area is 140 Å². The van der Waals surface area contributed by atoms with E-state index in [-0.39, 0.29) is 29.2 Å². The fourth-order valence-electron chi connectivity index (χ4n) is 3.77. The van der Waals surface area contributed by atoms with Gasteiger partial charge in [-0.2, -0.15) is 0 Å². The molecule has 0 N–H and O–H groups in total. The summed E-state index contributed by atoms with van der Waals surface area (Å²) < 4.78 is 0. The van der Waals surface area contributed by atoms with Gasteiger partial charge in [-0.05, 0) is 11.8 Å². The zero-order chi connectivity index (χ0) is 17.6. The van der Waals surface area contributed by atoms with E-state index in [4.69, 9.17) is 0 Å². The molecular formula is C18H20N2O4. The van der Waals surface area contributed by atoms with Gasteiger partial charge in [-0.3, -0.25) is 19.7 Å². The van der Waals surface area contributed by atoms with Crippen molar-refractivity contribution in [3.8, 4) is 0 Å². The number of nitrogens with zero attached hydrogens (tertiary/aromatic N) is 2. The van der Waals surface area contributed by atoms with Crippen molar-refractivity contribution in [2.24, 2.45) is 5.41 Å². The summed E-state index contributed by atoms with van der Waals surface area (Å²) >= 11 is 0. The Kier molecular flexibility index (Phi) is 3.78. The second-order valence-corrected chi connectivity index (χ2v) is 7.33. The molecule has 0 radical (unpaired) electrons. The lowest BCUT2D eigenvalue weighted by molar-refractivity contribution is -0.385. The first-order valence-electron chi connectivity index (χ1n) is 7.97. The minimum atomic E-state index is -0.533. The van der Waals surface area contributed by atoms with Crippen molar-refractivity contribution >= 4 is 17.4 Å². The van der Waals surface area contributed by atoms with Crippen LogP contribution in [0.5, 0.6) is 0 Å². The number of nitro groups is 1. The van der Waals surface area contributed by atoms with Crippen LogP contribution in [0.3, 0.4) is 0 Å². The van der Waals surface area contributed by atoms with Crippen molar-refractivity contribution in [3.05, 3.63) is 51.2 Å². The first-order valence-corrected chi connectivity index (χ1v) is 7.97. The maximum absolute atomic E-state index is 12.8. The predicted octanol–water partition coefficient (Wildman–Crippen LogP) is 3.18. The Morgan fingerprint density at radius 1 is 1.21 bits per heavy atom. The molecule has 2 aliphatic rings. The van der Waals surface area contributed by atoms with E-state index < -0.39 is 10.8 Å². The molecule has 1 aromatic carbocycles. The van der Waals surface area contributed by atoms with Crippen LogP contribution in [0.1, 0.15) is 44.6 Å². The number of carbonyl (C=O) groups is 2. The highest BCUT2D eigenvalue weighted by atomic mass is 16.6. The molecule has 1 amide bonds. The summed E-state index contributed by atoms with van der Waals surface area (Å²) in [4.78, 5) is 37.7. The lowest BCUT2D eigenvalue weighted by atomic mass is 9.69. The molecule has 126 valence electrons. The average Bonchev–Trinajstić information content (AvgIpc) is 2.50. The highest BCUT2D eigenvalue weighted by molar-refractivity contribution is 6.02. The van der Waals surface area contributed by atoms with Crippen LogP contribution in [0.4, 0.5) is 5.69 Å². The number of hydrogen-bond donors (Lipinski definition) is 0. The third-order valence-electron chi connectivity index (χ3n) is 4.91. The van der Waals surface area contributed by atoms with Gasteiger partial charge in [0.05, 0.1) is 4.92 Å². The van der Waals surface area contributed by atoms with Gasteiger partial charge in [-0.1, -0.05) is 32.0 Å². The van der Waals surface area contributed by atoms with Gasteiger partial charge in [0.1, 0.15) is 0 Å². The van der Waals surface area contributed by atoms with Gasteiger partial charge in [-0.25, -0.2) is 0 Å². The Balaban J connectivity index is 2.19. The number of allylic oxidation sites excluding steroid dienone is 2. The van der Waals surface area contributed by atoms with Crippen LogP contribution in [-0.2, 0) is 9.59 Å². The van der Waals surface area contributed by atoms with Crippen molar-refractivity contribution in [1.82, 2.24) is 4.90 Å². The van der Waals surface area contributed by atoms with Crippen LogP contribution in [0.2, 0.25) is 0 Å². The fraction of sp³-hybridized carbons (Fsp3) is 0.444. The number of benzene rings is 1. The molecule has 0 saturated heterocycles. The molecule has 24 heavy (non-hydrogen) atoms. The fourth-order valence-corrected chi connectivity index (χ4v) is 3.77. The third kappa shape index (κ3) is 2.62. The molecule has 3 rings (SSSR count). The van der Waals surface area contributed by atoms with Crippen LogP contribution in [0.15, 0.2) is 35.5 Å². The smallest absolute Gasteiger partial charge is 0.273 e. The Bertz CT molecular complexity index is 779. The van der Waals surface area contributed by atoms with Crippen molar-refractivity contribution in [2.45, 2.75) is 39.0 Å². The van der Waals surface area contributed by atoms with E-state index in [9.17, 15) is 19.7 Å². The normalized spacial score (nSPS) is 23.3. The number of rotatable bonds is 2. The summed E-state index contributed by atoms with van der Waals surface area (Å²) in [5.41, 5.74) is 1.49. The maximum atomic E-state index is 12.8. The summed E-state index contributed by atoms with van der Waals surface area (Å²) in [6.07, 6.45) is 1.10. The molecule has 1 atom stereocenters. The molecule has 0 bridgehead atoms. The van der Waals surface area contributed by atoms with Crippen molar-refractivity contribution in [1.29, 1.82) is 0 Å². The van der Waals surface area contributed by atoms with Crippen LogP contribution in [0, 0.1) is 15.5 Å². The van der Waals surface area contributed by atoms with Gasteiger partial charge in [-0.15, -0.1) is 0 Å². The quantitative estimate of drug-likeness (QED) is 0.617. The maximum Gasteiger partial charge on any atom is 0.273 e. The van der Waals surface area contributed by atoms with Gasteiger partial charge < -0.3 is 4.90 Å². The van der Waals surface area contributed by atoms with Crippen molar-refractivity contribution in [2.75, 3.05) is 7.05 Å². The molecule has 1 aromatic rings. The summed E-state index contributed by atoms with van der Waals surface area (Å²) in [6, 6.07) is 6.39. The minimum absolute atomic E-state index is 0.0104. The summed E-state index contributed by atoms with van der Waals surface area (Å²) in [7, 11) is 1.68. The van der Waals surface area contributed by atoms with E-state index in [0.717, 1.165) is 5.70 Å². The number of ketones is 1. The zero-order valence-corrected chi connectivity index (χ0v) is 14.0. The second kappa shape index (κ2) is 5.54. The number of nitro benzene ring substituents is 1. The van der Waals surface area contributed by atoms with Gasteiger partial charge in [0, 0.05) is 48.7 Å². The van der Waals surface area contributed by atoms with E-state index >= 15 is 0 Å². The van der Waals surface area contributed by atoms with E-state index in [2.05, 4.69) is 0 Å². The molecule has 6 nitrogen and oxygen atoms in total. The summed E-state index contributed by atoms with van der Waals surface area (Å²) in [5, 5.41) is 11.4. The van der Waals surface area contributed by atoms with Gasteiger partial charge in [0.15, 0.2) is 5.78 Å². The standard InChI is InChI=1S/C18H20N2O4/c1-18(2)9-14-17(15(21)10-18)12(8-16(22)19(14)3)11-6-4-5-7-13(11)20(23)24/h4-7,12H,8-10H2,1-3H3. The second-order valence-electron chi connectivity index (χ2n) is 7.33. The lowest BCUT2D eigenvalue weighted by Gasteiger charge is -2.41. The highest BCUT2D eigenvalue weighted by Crippen LogP contribution is 2.47. The van der Waals surface area contributed by atoms with E-state index in [1.165, 1.54) is 6.07 Å². The monoisotopic (exact) mass is 328 g/mol. The van der Waals surface area contributed by atoms with E-state index in [0.29, 0.717) is 24.0 Å². The first-order chi connectivity index (χ1) is 11.2. The minimum Gasteiger partial charge on any atom is -0.319 e. The van der Waals surface area contributed by atoms with Crippen LogP contribution >= 0.6 is 0 Å². The topological polar surface area (TPSA) is 80.5 Å². The van der Waals surface area contributed by atoms with E-state index in [1.807, 2.05) is 13.8 Å². The van der Waals surface area contributed by atoms with Crippen LogP contribution in [0.25, 0.3) is 0 Å². The zero-order valence-electron chi connectivity index (χ0n) is 14.0. The number of hydrogen-bond acceptors (Lipinski definition) is 4. The van der Waals surface area contributed by atoms with E-state index in [1.54, 1.807) is 30.1 Å². The molecular weight excluding hydrogens is 308 g/mol. The average molecular weight is 328 g/mol. The van der Waals surface area contributed by atoms with Gasteiger partial charge in [0.2, 0.25) is 5.91 Å². The Morgan fingerprint density at radius 3 is 2.54 bits per heavy atom. The number of para-hydroxylation sites is 1. The molecule has 0 aromatic heterocycles. The van der Waals surface area contributed by atoms with Crippen molar-refractivity contribution in [3.63, 3.8) is 0 Å². The van der Waals surface area contributed by atoms with Gasteiger partial charge in [0.25, 0.3) is 5.69 Å². The molecule has 1 aliphatic heterocycles. The molecule has 1 heterocycles. The SMILES string of the molecule is CN1C(=O)CC(c2ccccc2[N+](=O)[O-])C2=C1CC(C)(C)CC2=O. The number of Topliss-reactive ketones (excluding diaryl/α,β-unsaturated/α-hetero) is 1. The molecule has 1 aliphatic carbocycles. The molecule has 0 saturated carbocycles. The Morgan fingerprint density at radius 2 is 1.88 bits per heavy atom. The molecule has 6 heteroatoms. The summed E-state index contributed by atoms with van der Waals surface area (Å²) in [5.74, 6) is -0.653. The van der Waals surface area contributed by atoms with Crippen LogP contribution in [-0.4, -0.2) is 28.6 Å². The predicted molar refractivity (Wildman–Crippen MR) is 88.3 cm³/mol. The third-order valence-corrected chi connectivity index (χ3v) is 4.91. The van der Waals surface area contributed by atoms with Crippen molar-refractivity contribution < 1.29 is 14.5 Å². The number of carbonyl (C=O) groups excluding carboxylic acids is 2. The largest absolute Gasteiger partial charge is 0.319 e. The number of amides is 1. The molecule has 0 fully saturated rings. The van der Waals surface area contributed by atoms with Gasteiger partial charge >= 0.3 is 0 Å². The summed E-state index contributed by atoms with van der Waals surface area (Å²) in [6.45, 7) is 4.00. The molecule has 1 unspecified atom stereocenters. The highest BCUT2D eigenvalue weighted by Gasteiger charge is 2.44. The lowest BCUT2D eigenvalue weighted by Crippen LogP contribution is -2.41. The first kappa shape index (κ1) is 16.4.